The molecular formula is C26H39N3. The smallest absolute Gasteiger partial charge is 0.0388 e. The van der Waals surface area contributed by atoms with Crippen molar-refractivity contribution in [1.29, 1.82) is 0 Å². The molecule has 3 heteroatoms. The second kappa shape index (κ2) is 13.2. The van der Waals surface area contributed by atoms with E-state index in [1.165, 1.54) is 41.6 Å². The molecule has 0 fully saturated rings. The summed E-state index contributed by atoms with van der Waals surface area (Å²) < 4.78 is 0. The Balaban J connectivity index is 1.99. The molecule has 0 aliphatic rings. The highest BCUT2D eigenvalue weighted by atomic mass is 15.1. The highest BCUT2D eigenvalue weighted by Crippen LogP contribution is 2.18. The van der Waals surface area contributed by atoms with Crippen LogP contribution in [0.15, 0.2) is 60.4 Å². The average molecular weight is 394 g/mol. The van der Waals surface area contributed by atoms with Crippen molar-refractivity contribution in [3.63, 3.8) is 0 Å². The van der Waals surface area contributed by atoms with Gasteiger partial charge in [0.25, 0.3) is 0 Å². The summed E-state index contributed by atoms with van der Waals surface area (Å²) in [5, 5.41) is 0. The van der Waals surface area contributed by atoms with E-state index in [-0.39, 0.29) is 0 Å². The molecule has 158 valence electrons. The number of nitrogens with zero attached hydrogens (tertiary/aromatic N) is 3. The molecule has 1 aromatic heterocycles. The summed E-state index contributed by atoms with van der Waals surface area (Å²) in [4.78, 5) is 9.41. The van der Waals surface area contributed by atoms with Gasteiger partial charge in [-0.2, -0.15) is 0 Å². The van der Waals surface area contributed by atoms with Crippen LogP contribution in [-0.2, 0) is 6.54 Å². The number of aryl methyl sites for hydroxylation is 1. The third-order valence-electron chi connectivity index (χ3n) is 5.51. The van der Waals surface area contributed by atoms with Crippen molar-refractivity contribution in [1.82, 2.24) is 9.88 Å². The Morgan fingerprint density at radius 1 is 1.00 bits per heavy atom. The fourth-order valence-corrected chi connectivity index (χ4v) is 3.59. The first-order valence-electron chi connectivity index (χ1n) is 11.2. The lowest BCUT2D eigenvalue weighted by Crippen LogP contribution is -2.31. The molecule has 0 aliphatic heterocycles. The maximum absolute atomic E-state index is 4.28. The summed E-state index contributed by atoms with van der Waals surface area (Å²) in [7, 11) is 0. The number of hydrogen-bond donors (Lipinski definition) is 0. The molecule has 0 radical (unpaired) electrons. The van der Waals surface area contributed by atoms with E-state index in [0.717, 1.165) is 39.1 Å². The summed E-state index contributed by atoms with van der Waals surface area (Å²) in [5.74, 6) is 0. The molecule has 0 atom stereocenters. The van der Waals surface area contributed by atoms with Crippen molar-refractivity contribution in [2.45, 2.75) is 59.9 Å². The molecular weight excluding hydrogens is 354 g/mol. The van der Waals surface area contributed by atoms with Gasteiger partial charge in [0.05, 0.1) is 0 Å². The third kappa shape index (κ3) is 8.41. The van der Waals surface area contributed by atoms with Crippen LogP contribution in [0, 0.1) is 6.92 Å². The van der Waals surface area contributed by atoms with Crippen LogP contribution in [0.25, 0.3) is 0 Å². The van der Waals surface area contributed by atoms with E-state index in [4.69, 9.17) is 0 Å². The van der Waals surface area contributed by atoms with E-state index >= 15 is 0 Å². The SMILES string of the molecule is C/C=C(/CC)CN(CCCN(CCCC)Cc1cccnc1)c1ccc(C)cc1. The Hall–Kier alpha value is -2.13. The van der Waals surface area contributed by atoms with Crippen molar-refractivity contribution in [2.75, 3.05) is 31.1 Å². The van der Waals surface area contributed by atoms with E-state index in [9.17, 15) is 0 Å². The molecule has 0 aliphatic carbocycles. The zero-order chi connectivity index (χ0) is 20.9. The van der Waals surface area contributed by atoms with Crippen molar-refractivity contribution < 1.29 is 0 Å². The molecule has 2 aromatic rings. The Labute approximate surface area is 178 Å². The summed E-state index contributed by atoms with van der Waals surface area (Å²) in [6, 6.07) is 13.2. The first kappa shape index (κ1) is 23.2. The van der Waals surface area contributed by atoms with E-state index in [1.807, 2.05) is 18.5 Å². The first-order valence-corrected chi connectivity index (χ1v) is 11.2. The van der Waals surface area contributed by atoms with Gasteiger partial charge >= 0.3 is 0 Å². The van der Waals surface area contributed by atoms with Gasteiger partial charge in [-0.05, 0) is 63.4 Å². The quantitative estimate of drug-likeness (QED) is 0.375. The third-order valence-corrected chi connectivity index (χ3v) is 5.51. The van der Waals surface area contributed by atoms with Crippen LogP contribution in [0.3, 0.4) is 0 Å². The number of hydrogen-bond acceptors (Lipinski definition) is 3. The van der Waals surface area contributed by atoms with Gasteiger partial charge < -0.3 is 4.90 Å². The Morgan fingerprint density at radius 2 is 1.76 bits per heavy atom. The minimum absolute atomic E-state index is 0.993. The van der Waals surface area contributed by atoms with Crippen LogP contribution in [0.1, 0.15) is 57.6 Å². The van der Waals surface area contributed by atoms with E-state index in [1.54, 1.807) is 0 Å². The summed E-state index contributed by atoms with van der Waals surface area (Å²) in [6.07, 6.45) is 10.9. The molecule has 0 saturated heterocycles. The minimum Gasteiger partial charge on any atom is -0.367 e. The van der Waals surface area contributed by atoms with Gasteiger partial charge in [0, 0.05) is 44.3 Å². The fraction of sp³-hybridized carbons (Fsp3) is 0.500. The number of benzene rings is 1. The Bertz CT molecular complexity index is 706. The van der Waals surface area contributed by atoms with Crippen molar-refractivity contribution >= 4 is 5.69 Å². The van der Waals surface area contributed by atoms with Gasteiger partial charge in [0.1, 0.15) is 0 Å². The number of aromatic nitrogens is 1. The standard InChI is InChI=1S/C26H39N3/c1-5-8-17-28(21-25-11-9-16-27-20-25)18-10-19-29(22-24(6-2)7-3)26-14-12-23(4)13-15-26/h6,9,11-16,20H,5,7-8,10,17-19,21-22H2,1-4H3/b24-6-. The lowest BCUT2D eigenvalue weighted by molar-refractivity contribution is 0.258. The van der Waals surface area contributed by atoms with Crippen LogP contribution < -0.4 is 4.90 Å². The summed E-state index contributed by atoms with van der Waals surface area (Å²) in [6.45, 7) is 14.2. The molecule has 0 N–H and O–H groups in total. The van der Waals surface area contributed by atoms with Crippen LogP contribution in [0.4, 0.5) is 5.69 Å². The fourth-order valence-electron chi connectivity index (χ4n) is 3.59. The van der Waals surface area contributed by atoms with Gasteiger partial charge in [-0.1, -0.05) is 55.7 Å². The van der Waals surface area contributed by atoms with Crippen molar-refractivity contribution in [3.05, 3.63) is 71.6 Å². The normalized spacial score (nSPS) is 11.8. The van der Waals surface area contributed by atoms with Crippen LogP contribution in [0.2, 0.25) is 0 Å². The van der Waals surface area contributed by atoms with Crippen molar-refractivity contribution in [3.8, 4) is 0 Å². The van der Waals surface area contributed by atoms with E-state index in [0.29, 0.717) is 0 Å². The molecule has 29 heavy (non-hydrogen) atoms. The van der Waals surface area contributed by atoms with Gasteiger partial charge in [-0.25, -0.2) is 0 Å². The average Bonchev–Trinajstić information content (AvgIpc) is 2.75. The zero-order valence-electron chi connectivity index (χ0n) is 18.9. The Kier molecular flexibility index (Phi) is 10.5. The number of allylic oxidation sites excluding steroid dienone is 1. The van der Waals surface area contributed by atoms with Gasteiger partial charge in [-0.3, -0.25) is 9.88 Å². The first-order chi connectivity index (χ1) is 14.2. The maximum atomic E-state index is 4.28. The number of anilines is 1. The molecule has 0 saturated carbocycles. The zero-order valence-corrected chi connectivity index (χ0v) is 18.9. The lowest BCUT2D eigenvalue weighted by atomic mass is 10.1. The van der Waals surface area contributed by atoms with Crippen LogP contribution >= 0.6 is 0 Å². The number of pyridine rings is 1. The largest absolute Gasteiger partial charge is 0.367 e. The van der Waals surface area contributed by atoms with Crippen LogP contribution in [0.5, 0.6) is 0 Å². The predicted octanol–water partition coefficient (Wildman–Crippen LogP) is 6.25. The van der Waals surface area contributed by atoms with Crippen LogP contribution in [-0.4, -0.2) is 36.1 Å². The minimum atomic E-state index is 0.993. The van der Waals surface area contributed by atoms with Gasteiger partial charge in [0.2, 0.25) is 0 Å². The summed E-state index contributed by atoms with van der Waals surface area (Å²) in [5.41, 5.74) is 5.46. The summed E-state index contributed by atoms with van der Waals surface area (Å²) >= 11 is 0. The molecule has 0 bridgehead atoms. The second-order valence-electron chi connectivity index (χ2n) is 7.90. The molecule has 0 amide bonds. The molecule has 3 nitrogen and oxygen atoms in total. The molecule has 1 heterocycles. The van der Waals surface area contributed by atoms with Gasteiger partial charge in [0.15, 0.2) is 0 Å². The van der Waals surface area contributed by atoms with Crippen molar-refractivity contribution in [2.24, 2.45) is 0 Å². The second-order valence-corrected chi connectivity index (χ2v) is 7.90. The Morgan fingerprint density at radius 3 is 2.38 bits per heavy atom. The predicted molar refractivity (Wildman–Crippen MR) is 126 cm³/mol. The van der Waals surface area contributed by atoms with E-state index < -0.39 is 0 Å². The monoisotopic (exact) mass is 393 g/mol. The highest BCUT2D eigenvalue weighted by Gasteiger charge is 2.11. The molecule has 0 spiro atoms. The van der Waals surface area contributed by atoms with E-state index in [2.05, 4.69) is 78.9 Å². The molecule has 2 rings (SSSR count). The highest BCUT2D eigenvalue weighted by molar-refractivity contribution is 5.48. The topological polar surface area (TPSA) is 19.4 Å². The molecule has 1 aromatic carbocycles. The number of rotatable bonds is 13. The molecule has 0 unspecified atom stereocenters. The lowest BCUT2D eigenvalue weighted by Gasteiger charge is -2.28. The number of unbranched alkanes of at least 4 members (excludes halogenated alkanes) is 1. The van der Waals surface area contributed by atoms with Gasteiger partial charge in [-0.15, -0.1) is 0 Å². The maximum Gasteiger partial charge on any atom is 0.0388 e.